The molecule has 0 radical (unpaired) electrons. The number of carbonyl (C=O) groups is 1. The summed E-state index contributed by atoms with van der Waals surface area (Å²) in [5, 5.41) is 22.8. The molecule has 2 aliphatic rings. The summed E-state index contributed by atoms with van der Waals surface area (Å²) >= 11 is 0. The number of piperidine rings is 1. The van der Waals surface area contributed by atoms with Crippen molar-refractivity contribution in [2.45, 2.75) is 31.8 Å². The Labute approximate surface area is 184 Å². The molecule has 1 aromatic carbocycles. The number of nitriles is 1. The maximum absolute atomic E-state index is 14.3. The van der Waals surface area contributed by atoms with Gasteiger partial charge in [-0.15, -0.1) is 0 Å². The fraction of sp³-hybridized carbons (Fsp3) is 0.348. The van der Waals surface area contributed by atoms with Gasteiger partial charge in [0.25, 0.3) is 5.91 Å². The van der Waals surface area contributed by atoms with Crippen molar-refractivity contribution in [1.82, 2.24) is 24.9 Å². The highest BCUT2D eigenvalue weighted by Crippen LogP contribution is 2.39. The Kier molecular flexibility index (Phi) is 4.85. The van der Waals surface area contributed by atoms with Crippen LogP contribution in [0.4, 0.5) is 10.1 Å². The van der Waals surface area contributed by atoms with Gasteiger partial charge in [-0.2, -0.15) is 20.6 Å². The van der Waals surface area contributed by atoms with Gasteiger partial charge < -0.3 is 9.80 Å². The summed E-state index contributed by atoms with van der Waals surface area (Å²) in [5.41, 5.74) is 4.03. The predicted octanol–water partition coefficient (Wildman–Crippen LogP) is 3.21. The zero-order chi connectivity index (χ0) is 22.4. The van der Waals surface area contributed by atoms with E-state index in [0.29, 0.717) is 33.8 Å². The van der Waals surface area contributed by atoms with E-state index >= 15 is 0 Å². The molecule has 0 aliphatic carbocycles. The topological polar surface area (TPSA) is 90.9 Å². The lowest BCUT2D eigenvalue weighted by molar-refractivity contribution is 0.0781. The molecule has 0 unspecified atom stereocenters. The SMILES string of the molecule is CN1Cc2nn(C)c(C#N)c2-c2cc(cnn2)N2CCCC[C@@H]2c2cc(F)ccc2C1=O. The summed E-state index contributed by atoms with van der Waals surface area (Å²) in [7, 11) is 3.38. The average Bonchev–Trinajstić information content (AvgIpc) is 3.12. The Hall–Kier alpha value is -3.80. The van der Waals surface area contributed by atoms with Crippen molar-refractivity contribution in [1.29, 1.82) is 5.26 Å². The van der Waals surface area contributed by atoms with E-state index in [9.17, 15) is 14.4 Å². The van der Waals surface area contributed by atoms with Gasteiger partial charge in [-0.3, -0.25) is 9.48 Å². The lowest BCUT2D eigenvalue weighted by Crippen LogP contribution is -2.36. The quantitative estimate of drug-likeness (QED) is 0.543. The molecule has 0 saturated carbocycles. The summed E-state index contributed by atoms with van der Waals surface area (Å²) < 4.78 is 15.8. The van der Waals surface area contributed by atoms with Crippen LogP contribution < -0.4 is 4.90 Å². The van der Waals surface area contributed by atoms with Crippen LogP contribution in [0.5, 0.6) is 0 Å². The number of benzene rings is 1. The Bertz CT molecular complexity index is 1260. The van der Waals surface area contributed by atoms with Crippen molar-refractivity contribution >= 4 is 11.6 Å². The highest BCUT2D eigenvalue weighted by atomic mass is 19.1. The van der Waals surface area contributed by atoms with Gasteiger partial charge >= 0.3 is 0 Å². The minimum Gasteiger partial charge on any atom is -0.363 e. The Morgan fingerprint density at radius 3 is 2.88 bits per heavy atom. The van der Waals surface area contributed by atoms with E-state index in [4.69, 9.17) is 0 Å². The number of carbonyl (C=O) groups excluding carboxylic acids is 1. The molecule has 9 heteroatoms. The number of anilines is 1. The molecule has 1 amide bonds. The number of nitrogens with zero attached hydrogens (tertiary/aromatic N) is 7. The maximum atomic E-state index is 14.3. The van der Waals surface area contributed by atoms with E-state index in [-0.39, 0.29) is 24.3 Å². The number of amides is 1. The summed E-state index contributed by atoms with van der Waals surface area (Å²) in [5.74, 6) is -0.577. The van der Waals surface area contributed by atoms with Gasteiger partial charge in [-0.25, -0.2) is 4.39 Å². The van der Waals surface area contributed by atoms with Crippen molar-refractivity contribution in [2.24, 2.45) is 7.05 Å². The molecule has 2 aliphatic heterocycles. The van der Waals surface area contributed by atoms with Gasteiger partial charge in [0.2, 0.25) is 0 Å². The van der Waals surface area contributed by atoms with Crippen LogP contribution in [-0.4, -0.2) is 44.4 Å². The van der Waals surface area contributed by atoms with E-state index in [2.05, 4.69) is 26.3 Å². The lowest BCUT2D eigenvalue weighted by atomic mass is 9.90. The van der Waals surface area contributed by atoms with Gasteiger partial charge in [0, 0.05) is 26.2 Å². The van der Waals surface area contributed by atoms with E-state index < -0.39 is 0 Å². The summed E-state index contributed by atoms with van der Waals surface area (Å²) in [4.78, 5) is 17.2. The first-order valence-corrected chi connectivity index (χ1v) is 10.6. The first-order valence-electron chi connectivity index (χ1n) is 10.6. The molecule has 1 saturated heterocycles. The third-order valence-corrected chi connectivity index (χ3v) is 6.29. The zero-order valence-electron chi connectivity index (χ0n) is 17.9. The second-order valence-electron chi connectivity index (χ2n) is 8.30. The molecule has 0 spiro atoms. The van der Waals surface area contributed by atoms with E-state index in [0.717, 1.165) is 31.5 Å². The van der Waals surface area contributed by atoms with Crippen LogP contribution >= 0.6 is 0 Å². The van der Waals surface area contributed by atoms with Crippen LogP contribution in [-0.2, 0) is 13.6 Å². The molecule has 0 N–H and O–H groups in total. The van der Waals surface area contributed by atoms with Gasteiger partial charge in [-0.1, -0.05) is 0 Å². The van der Waals surface area contributed by atoms with Gasteiger partial charge in [0.1, 0.15) is 17.6 Å². The molecule has 8 nitrogen and oxygen atoms in total. The standard InChI is InChI=1S/C23H22FN7O/c1-29-13-19-22(21(11-25)30(2)28-19)18-10-15(12-26-27-18)31-8-4-3-5-20(31)17-9-14(24)6-7-16(17)23(29)32/h6-7,9-10,12,20H,3-5,8,13H2,1-2H3/t20-/m1/s1. The molecule has 162 valence electrons. The van der Waals surface area contributed by atoms with Crippen LogP contribution in [0, 0.1) is 17.1 Å². The summed E-state index contributed by atoms with van der Waals surface area (Å²) in [6.45, 7) is 0.932. The molecule has 1 fully saturated rings. The molecule has 2 aromatic heterocycles. The normalized spacial score (nSPS) is 18.1. The Morgan fingerprint density at radius 2 is 2.06 bits per heavy atom. The zero-order valence-corrected chi connectivity index (χ0v) is 17.9. The third-order valence-electron chi connectivity index (χ3n) is 6.29. The van der Waals surface area contributed by atoms with Crippen LogP contribution in [0.1, 0.15) is 52.6 Å². The largest absolute Gasteiger partial charge is 0.363 e. The Morgan fingerprint density at radius 1 is 1.22 bits per heavy atom. The molecule has 1 atom stereocenters. The lowest BCUT2D eigenvalue weighted by Gasteiger charge is -2.39. The van der Waals surface area contributed by atoms with Gasteiger partial charge in [0.05, 0.1) is 41.4 Å². The molecule has 2 bridgehead atoms. The maximum Gasteiger partial charge on any atom is 0.254 e. The summed E-state index contributed by atoms with van der Waals surface area (Å²) in [6, 6.07) is 8.33. The molecule has 5 rings (SSSR count). The van der Waals surface area contributed by atoms with Crippen molar-refractivity contribution in [3.63, 3.8) is 0 Å². The third kappa shape index (κ3) is 3.19. The van der Waals surface area contributed by atoms with E-state index in [1.54, 1.807) is 31.3 Å². The first kappa shape index (κ1) is 20.1. The molecule has 4 heterocycles. The van der Waals surface area contributed by atoms with Gasteiger partial charge in [0.15, 0.2) is 0 Å². The number of hydrogen-bond donors (Lipinski definition) is 0. The van der Waals surface area contributed by atoms with Crippen molar-refractivity contribution in [2.75, 3.05) is 18.5 Å². The second-order valence-corrected chi connectivity index (χ2v) is 8.30. The van der Waals surface area contributed by atoms with Crippen molar-refractivity contribution in [3.05, 3.63) is 58.8 Å². The van der Waals surface area contributed by atoms with Crippen LogP contribution in [0.15, 0.2) is 30.5 Å². The number of aromatic nitrogens is 4. The number of aryl methyl sites for hydroxylation is 1. The van der Waals surface area contributed by atoms with Gasteiger partial charge in [-0.05, 0) is 49.1 Å². The minimum absolute atomic E-state index is 0.160. The van der Waals surface area contributed by atoms with E-state index in [1.807, 2.05) is 6.07 Å². The molecular formula is C23H22FN7O. The fourth-order valence-electron chi connectivity index (χ4n) is 4.79. The number of fused-ring (bicyclic) bond motifs is 8. The average molecular weight is 431 g/mol. The van der Waals surface area contributed by atoms with Crippen LogP contribution in [0.25, 0.3) is 11.3 Å². The van der Waals surface area contributed by atoms with Crippen LogP contribution in [0.2, 0.25) is 0 Å². The summed E-state index contributed by atoms with van der Waals surface area (Å²) in [6.07, 6.45) is 4.45. The highest BCUT2D eigenvalue weighted by Gasteiger charge is 2.32. The molecular weight excluding hydrogens is 409 g/mol. The van der Waals surface area contributed by atoms with Crippen molar-refractivity contribution < 1.29 is 9.18 Å². The first-order chi connectivity index (χ1) is 15.5. The number of rotatable bonds is 0. The minimum atomic E-state index is -0.365. The Balaban J connectivity index is 1.78. The predicted molar refractivity (Wildman–Crippen MR) is 115 cm³/mol. The second kappa shape index (κ2) is 7.71. The molecule has 3 aromatic rings. The number of hydrogen-bond acceptors (Lipinski definition) is 6. The van der Waals surface area contributed by atoms with Crippen LogP contribution in [0.3, 0.4) is 0 Å². The smallest absolute Gasteiger partial charge is 0.254 e. The highest BCUT2D eigenvalue weighted by molar-refractivity contribution is 5.96. The monoisotopic (exact) mass is 431 g/mol. The number of halogens is 1. The molecule has 32 heavy (non-hydrogen) atoms. The van der Waals surface area contributed by atoms with E-state index in [1.165, 1.54) is 16.8 Å². The fourth-order valence-corrected chi connectivity index (χ4v) is 4.79. The van der Waals surface area contributed by atoms with Crippen molar-refractivity contribution in [3.8, 4) is 17.3 Å².